The predicted molar refractivity (Wildman–Crippen MR) is 66.8 cm³/mol. The Bertz CT molecular complexity index is 319. The summed E-state index contributed by atoms with van der Waals surface area (Å²) >= 11 is 0. The van der Waals surface area contributed by atoms with Crippen molar-refractivity contribution in [2.45, 2.75) is 38.1 Å². The molecule has 3 heteroatoms. The van der Waals surface area contributed by atoms with Gasteiger partial charge in [-0.2, -0.15) is 0 Å². The van der Waals surface area contributed by atoms with E-state index in [2.05, 4.69) is 5.32 Å². The summed E-state index contributed by atoms with van der Waals surface area (Å²) < 4.78 is 18.2. The van der Waals surface area contributed by atoms with Gasteiger partial charge < -0.3 is 10.1 Å². The van der Waals surface area contributed by atoms with Crippen molar-refractivity contribution < 1.29 is 9.13 Å². The van der Waals surface area contributed by atoms with Gasteiger partial charge in [0.15, 0.2) is 0 Å². The van der Waals surface area contributed by atoms with Gasteiger partial charge in [0.2, 0.25) is 0 Å². The standard InChI is InChI=1S/C14H20FNO/c15-12-6-8-14(9-7-12)17-11-3-10-16-13-4-1-2-5-13/h6-9,13,16H,1-5,10-11H2. The number of hydrogen-bond donors (Lipinski definition) is 1. The van der Waals surface area contributed by atoms with Crippen LogP contribution in [0.3, 0.4) is 0 Å². The van der Waals surface area contributed by atoms with Crippen LogP contribution < -0.4 is 10.1 Å². The summed E-state index contributed by atoms with van der Waals surface area (Å²) in [7, 11) is 0. The maximum absolute atomic E-state index is 12.6. The van der Waals surface area contributed by atoms with Crippen LogP contribution in [0.1, 0.15) is 32.1 Å². The fourth-order valence-electron chi connectivity index (χ4n) is 2.23. The zero-order chi connectivity index (χ0) is 11.9. The molecule has 0 saturated heterocycles. The molecule has 1 N–H and O–H groups in total. The van der Waals surface area contributed by atoms with Crippen molar-refractivity contribution in [3.63, 3.8) is 0 Å². The van der Waals surface area contributed by atoms with Crippen LogP contribution in [-0.2, 0) is 0 Å². The molecule has 1 aliphatic carbocycles. The van der Waals surface area contributed by atoms with Crippen molar-refractivity contribution in [2.75, 3.05) is 13.2 Å². The molecule has 0 heterocycles. The third kappa shape index (κ3) is 4.35. The van der Waals surface area contributed by atoms with Gasteiger partial charge in [-0.15, -0.1) is 0 Å². The highest BCUT2D eigenvalue weighted by atomic mass is 19.1. The van der Waals surface area contributed by atoms with Crippen molar-refractivity contribution in [3.05, 3.63) is 30.1 Å². The van der Waals surface area contributed by atoms with Gasteiger partial charge in [0.25, 0.3) is 0 Å². The first-order chi connectivity index (χ1) is 8.34. The fourth-order valence-corrected chi connectivity index (χ4v) is 2.23. The van der Waals surface area contributed by atoms with E-state index >= 15 is 0 Å². The van der Waals surface area contributed by atoms with E-state index in [-0.39, 0.29) is 5.82 Å². The lowest BCUT2D eigenvalue weighted by Crippen LogP contribution is -2.27. The number of halogens is 1. The van der Waals surface area contributed by atoms with E-state index in [0.717, 1.165) is 24.8 Å². The molecule has 2 nitrogen and oxygen atoms in total. The van der Waals surface area contributed by atoms with Crippen LogP contribution in [0.2, 0.25) is 0 Å². The lowest BCUT2D eigenvalue weighted by Gasteiger charge is -2.11. The van der Waals surface area contributed by atoms with E-state index in [1.807, 2.05) is 0 Å². The van der Waals surface area contributed by atoms with Crippen LogP contribution in [0.5, 0.6) is 5.75 Å². The summed E-state index contributed by atoms with van der Waals surface area (Å²) in [6.45, 7) is 1.69. The van der Waals surface area contributed by atoms with E-state index in [1.54, 1.807) is 12.1 Å². The molecule has 0 aromatic heterocycles. The molecule has 0 bridgehead atoms. The minimum Gasteiger partial charge on any atom is -0.494 e. The van der Waals surface area contributed by atoms with Crippen LogP contribution in [0, 0.1) is 5.82 Å². The lowest BCUT2D eigenvalue weighted by molar-refractivity contribution is 0.304. The Morgan fingerprint density at radius 3 is 2.59 bits per heavy atom. The maximum Gasteiger partial charge on any atom is 0.123 e. The normalized spacial score (nSPS) is 16.3. The summed E-state index contributed by atoms with van der Waals surface area (Å²) in [5, 5.41) is 3.54. The summed E-state index contributed by atoms with van der Waals surface area (Å²) in [5.74, 6) is 0.521. The van der Waals surface area contributed by atoms with Gasteiger partial charge >= 0.3 is 0 Å². The Balaban J connectivity index is 1.55. The van der Waals surface area contributed by atoms with Crippen LogP contribution in [0.15, 0.2) is 24.3 Å². The molecule has 1 aliphatic rings. The van der Waals surface area contributed by atoms with E-state index in [9.17, 15) is 4.39 Å². The molecule has 0 radical (unpaired) electrons. The third-order valence-electron chi connectivity index (χ3n) is 3.19. The van der Waals surface area contributed by atoms with E-state index in [0.29, 0.717) is 6.61 Å². The fraction of sp³-hybridized carbons (Fsp3) is 0.571. The molecule has 1 fully saturated rings. The van der Waals surface area contributed by atoms with E-state index in [4.69, 9.17) is 4.74 Å². The van der Waals surface area contributed by atoms with E-state index in [1.165, 1.54) is 37.8 Å². The number of benzene rings is 1. The molecule has 1 aromatic rings. The Hall–Kier alpha value is -1.09. The lowest BCUT2D eigenvalue weighted by atomic mass is 10.2. The van der Waals surface area contributed by atoms with Gasteiger partial charge in [-0.1, -0.05) is 12.8 Å². The van der Waals surface area contributed by atoms with Gasteiger partial charge in [0.05, 0.1) is 6.61 Å². The molecule has 0 spiro atoms. The van der Waals surface area contributed by atoms with Gasteiger partial charge in [-0.25, -0.2) is 4.39 Å². The van der Waals surface area contributed by atoms with Crippen molar-refractivity contribution in [2.24, 2.45) is 0 Å². The molecule has 1 saturated carbocycles. The molecule has 17 heavy (non-hydrogen) atoms. The second-order valence-electron chi connectivity index (χ2n) is 4.59. The predicted octanol–water partition coefficient (Wildman–Crippen LogP) is 3.13. The molecule has 2 rings (SSSR count). The second-order valence-corrected chi connectivity index (χ2v) is 4.59. The monoisotopic (exact) mass is 237 g/mol. The molecule has 94 valence electrons. The first kappa shape index (κ1) is 12.4. The highest BCUT2D eigenvalue weighted by molar-refractivity contribution is 5.21. The second kappa shape index (κ2) is 6.60. The minimum atomic E-state index is -0.222. The van der Waals surface area contributed by atoms with Crippen molar-refractivity contribution in [3.8, 4) is 5.75 Å². The summed E-state index contributed by atoms with van der Waals surface area (Å²) in [6, 6.07) is 6.90. The summed E-state index contributed by atoms with van der Waals surface area (Å²) in [5.41, 5.74) is 0. The average Bonchev–Trinajstić information content (AvgIpc) is 2.84. The average molecular weight is 237 g/mol. The minimum absolute atomic E-state index is 0.222. The van der Waals surface area contributed by atoms with Crippen molar-refractivity contribution in [1.29, 1.82) is 0 Å². The Morgan fingerprint density at radius 1 is 1.18 bits per heavy atom. The molecule has 0 amide bonds. The Kier molecular flexibility index (Phi) is 4.80. The smallest absolute Gasteiger partial charge is 0.123 e. The van der Waals surface area contributed by atoms with Gasteiger partial charge in [0.1, 0.15) is 11.6 Å². The van der Waals surface area contributed by atoms with Crippen molar-refractivity contribution in [1.82, 2.24) is 5.32 Å². The molecular weight excluding hydrogens is 217 g/mol. The van der Waals surface area contributed by atoms with Crippen LogP contribution in [0.25, 0.3) is 0 Å². The molecule has 0 unspecified atom stereocenters. The van der Waals surface area contributed by atoms with Gasteiger partial charge in [0, 0.05) is 6.04 Å². The quantitative estimate of drug-likeness (QED) is 0.767. The molecule has 0 atom stereocenters. The highest BCUT2D eigenvalue weighted by Crippen LogP contribution is 2.17. The van der Waals surface area contributed by atoms with Gasteiger partial charge in [-0.05, 0) is 50.1 Å². The SMILES string of the molecule is Fc1ccc(OCCCNC2CCCC2)cc1. The topological polar surface area (TPSA) is 21.3 Å². The Morgan fingerprint density at radius 2 is 1.88 bits per heavy atom. The molecule has 1 aromatic carbocycles. The number of hydrogen-bond acceptors (Lipinski definition) is 2. The maximum atomic E-state index is 12.6. The number of rotatable bonds is 6. The van der Waals surface area contributed by atoms with E-state index < -0.39 is 0 Å². The largest absolute Gasteiger partial charge is 0.494 e. The number of ether oxygens (including phenoxy) is 1. The van der Waals surface area contributed by atoms with Crippen molar-refractivity contribution >= 4 is 0 Å². The third-order valence-corrected chi connectivity index (χ3v) is 3.19. The molecular formula is C14H20FNO. The van der Waals surface area contributed by atoms with Crippen LogP contribution in [0.4, 0.5) is 4.39 Å². The van der Waals surface area contributed by atoms with Crippen LogP contribution in [-0.4, -0.2) is 19.2 Å². The highest BCUT2D eigenvalue weighted by Gasteiger charge is 2.13. The van der Waals surface area contributed by atoms with Gasteiger partial charge in [-0.3, -0.25) is 0 Å². The first-order valence-corrected chi connectivity index (χ1v) is 6.46. The first-order valence-electron chi connectivity index (χ1n) is 6.46. The summed E-state index contributed by atoms with van der Waals surface area (Å²) in [6.07, 6.45) is 6.36. The Labute approximate surface area is 102 Å². The molecule has 0 aliphatic heterocycles. The summed E-state index contributed by atoms with van der Waals surface area (Å²) in [4.78, 5) is 0. The zero-order valence-electron chi connectivity index (χ0n) is 10.1. The number of nitrogens with one attached hydrogen (secondary N) is 1. The van der Waals surface area contributed by atoms with Crippen LogP contribution >= 0.6 is 0 Å². The zero-order valence-corrected chi connectivity index (χ0v) is 10.1.